The fraction of sp³-hybridized carbons (Fsp3) is 0.267. The van der Waals surface area contributed by atoms with Crippen molar-refractivity contribution in [2.75, 3.05) is 30.9 Å². The molecule has 0 fully saturated rings. The number of nitrogens with one attached hydrogen (secondary N) is 2. The molecule has 2 rings (SSSR count). The fourth-order valence-corrected chi connectivity index (χ4v) is 2.40. The maximum Gasteiger partial charge on any atom is 0.274 e. The molecule has 1 aromatic carbocycles. The van der Waals surface area contributed by atoms with Gasteiger partial charge in [-0.15, -0.1) is 0 Å². The predicted molar refractivity (Wildman–Crippen MR) is 91.5 cm³/mol. The highest BCUT2D eigenvalue weighted by molar-refractivity contribution is 6.35. The molecule has 2 N–H and O–H groups in total. The third kappa shape index (κ3) is 5.35. The van der Waals surface area contributed by atoms with E-state index in [0.29, 0.717) is 40.5 Å². The molecule has 122 valence electrons. The Hall–Kier alpha value is -1.89. The van der Waals surface area contributed by atoms with Gasteiger partial charge < -0.3 is 15.4 Å². The number of carbonyl (C=O) groups is 1. The summed E-state index contributed by atoms with van der Waals surface area (Å²) in [5.41, 5.74) is 0.742. The Morgan fingerprint density at radius 1 is 1.17 bits per heavy atom. The summed E-state index contributed by atoms with van der Waals surface area (Å²) in [6.07, 6.45) is 0. The number of carbonyl (C=O) groups excluding carboxylic acids is 1. The highest BCUT2D eigenvalue weighted by atomic mass is 35.5. The molecule has 0 unspecified atom stereocenters. The summed E-state index contributed by atoms with van der Waals surface area (Å²) in [7, 11) is 1.61. The number of methoxy groups -OCH3 is 1. The second-order valence-corrected chi connectivity index (χ2v) is 5.59. The monoisotopic (exact) mass is 354 g/mol. The van der Waals surface area contributed by atoms with Crippen LogP contribution in [0.15, 0.2) is 24.3 Å². The molecule has 1 heterocycles. The Morgan fingerprint density at radius 3 is 2.52 bits per heavy atom. The number of amides is 1. The number of benzene rings is 1. The van der Waals surface area contributed by atoms with E-state index in [0.717, 1.165) is 0 Å². The number of ether oxygens (including phenoxy) is 1. The van der Waals surface area contributed by atoms with Gasteiger partial charge in [0, 0.05) is 35.5 Å². The smallest absolute Gasteiger partial charge is 0.274 e. The summed E-state index contributed by atoms with van der Waals surface area (Å²) >= 11 is 11.8. The van der Waals surface area contributed by atoms with Crippen LogP contribution in [0, 0.1) is 6.92 Å². The van der Waals surface area contributed by atoms with E-state index in [1.54, 1.807) is 38.3 Å². The molecule has 0 bridgehead atoms. The highest BCUT2D eigenvalue weighted by Gasteiger charge is 2.11. The zero-order valence-electron chi connectivity index (χ0n) is 12.7. The maximum atomic E-state index is 12.3. The van der Waals surface area contributed by atoms with Crippen LogP contribution in [0.2, 0.25) is 10.0 Å². The van der Waals surface area contributed by atoms with Gasteiger partial charge in [0.05, 0.1) is 6.61 Å². The number of aromatic nitrogens is 2. The third-order valence-electron chi connectivity index (χ3n) is 2.80. The van der Waals surface area contributed by atoms with E-state index in [1.807, 2.05) is 0 Å². The molecular formula is C15H16Cl2N4O2. The summed E-state index contributed by atoms with van der Waals surface area (Å²) in [5.74, 6) is 0.675. The lowest BCUT2D eigenvalue weighted by atomic mass is 10.3. The third-order valence-corrected chi connectivity index (χ3v) is 3.24. The van der Waals surface area contributed by atoms with Crippen molar-refractivity contribution in [2.45, 2.75) is 6.92 Å². The lowest BCUT2D eigenvalue weighted by Gasteiger charge is -2.09. The molecule has 1 aromatic heterocycles. The molecular weight excluding hydrogens is 339 g/mol. The molecule has 0 aliphatic rings. The van der Waals surface area contributed by atoms with Gasteiger partial charge in [0.1, 0.15) is 17.3 Å². The van der Waals surface area contributed by atoms with Gasteiger partial charge in [-0.25, -0.2) is 9.97 Å². The maximum absolute atomic E-state index is 12.3. The van der Waals surface area contributed by atoms with E-state index < -0.39 is 0 Å². The Morgan fingerprint density at radius 2 is 1.87 bits per heavy atom. The first-order valence-corrected chi connectivity index (χ1v) is 7.59. The lowest BCUT2D eigenvalue weighted by Crippen LogP contribution is -2.16. The van der Waals surface area contributed by atoms with Crippen molar-refractivity contribution < 1.29 is 9.53 Å². The van der Waals surface area contributed by atoms with Crippen molar-refractivity contribution in [1.29, 1.82) is 0 Å². The number of aryl methyl sites for hydroxylation is 1. The van der Waals surface area contributed by atoms with Gasteiger partial charge in [-0.1, -0.05) is 23.2 Å². The number of anilines is 2. The summed E-state index contributed by atoms with van der Waals surface area (Å²) in [6, 6.07) is 6.38. The summed E-state index contributed by atoms with van der Waals surface area (Å²) in [5, 5.41) is 6.65. The summed E-state index contributed by atoms with van der Waals surface area (Å²) < 4.78 is 4.96. The Bertz CT molecular complexity index is 690. The minimum atomic E-state index is -0.372. The summed E-state index contributed by atoms with van der Waals surface area (Å²) in [6.45, 7) is 2.83. The normalized spacial score (nSPS) is 10.4. The quantitative estimate of drug-likeness (QED) is 0.777. The van der Waals surface area contributed by atoms with Crippen LogP contribution in [0.5, 0.6) is 0 Å². The van der Waals surface area contributed by atoms with Crippen LogP contribution in [0.25, 0.3) is 0 Å². The first-order chi connectivity index (χ1) is 11.0. The van der Waals surface area contributed by atoms with Crippen LogP contribution < -0.4 is 10.6 Å². The molecule has 0 spiro atoms. The Balaban J connectivity index is 2.14. The van der Waals surface area contributed by atoms with Gasteiger partial charge in [-0.05, 0) is 25.1 Å². The van der Waals surface area contributed by atoms with Crippen molar-refractivity contribution in [2.24, 2.45) is 0 Å². The highest BCUT2D eigenvalue weighted by Crippen LogP contribution is 2.23. The molecule has 0 radical (unpaired) electrons. The Labute approximate surface area is 144 Å². The SMILES string of the molecule is COCCNc1cc(C(=O)Nc2cc(Cl)cc(Cl)c2)nc(C)n1. The van der Waals surface area contributed by atoms with Gasteiger partial charge >= 0.3 is 0 Å². The van der Waals surface area contributed by atoms with Crippen molar-refractivity contribution >= 4 is 40.6 Å². The van der Waals surface area contributed by atoms with E-state index in [4.69, 9.17) is 27.9 Å². The van der Waals surface area contributed by atoms with Gasteiger partial charge in [0.2, 0.25) is 0 Å². The molecule has 1 amide bonds. The molecule has 0 saturated carbocycles. The average molecular weight is 355 g/mol. The number of hydrogen-bond donors (Lipinski definition) is 2. The fourth-order valence-electron chi connectivity index (χ4n) is 1.88. The van der Waals surface area contributed by atoms with Crippen molar-refractivity contribution in [3.05, 3.63) is 45.8 Å². The first kappa shape index (κ1) is 17.5. The van der Waals surface area contributed by atoms with Gasteiger partial charge in [0.15, 0.2) is 0 Å². The van der Waals surface area contributed by atoms with Crippen molar-refractivity contribution in [1.82, 2.24) is 9.97 Å². The molecule has 23 heavy (non-hydrogen) atoms. The summed E-state index contributed by atoms with van der Waals surface area (Å²) in [4.78, 5) is 20.7. The van der Waals surface area contributed by atoms with E-state index in [-0.39, 0.29) is 11.6 Å². The second-order valence-electron chi connectivity index (χ2n) is 4.72. The minimum Gasteiger partial charge on any atom is -0.383 e. The zero-order valence-corrected chi connectivity index (χ0v) is 14.2. The van der Waals surface area contributed by atoms with Gasteiger partial charge in [-0.2, -0.15) is 0 Å². The second kappa shape index (κ2) is 8.10. The molecule has 0 aliphatic carbocycles. The largest absolute Gasteiger partial charge is 0.383 e. The topological polar surface area (TPSA) is 76.1 Å². The van der Waals surface area contributed by atoms with Crippen LogP contribution in [0.3, 0.4) is 0 Å². The van der Waals surface area contributed by atoms with Crippen molar-refractivity contribution in [3.8, 4) is 0 Å². The average Bonchev–Trinajstić information content (AvgIpc) is 2.46. The molecule has 0 aliphatic heterocycles. The van der Waals surface area contributed by atoms with E-state index >= 15 is 0 Å². The van der Waals surface area contributed by atoms with Crippen LogP contribution in [-0.2, 0) is 4.74 Å². The van der Waals surface area contributed by atoms with Crippen molar-refractivity contribution in [3.63, 3.8) is 0 Å². The molecule has 8 heteroatoms. The number of nitrogens with zero attached hydrogens (tertiary/aromatic N) is 2. The Kier molecular flexibility index (Phi) is 6.15. The molecule has 6 nitrogen and oxygen atoms in total. The van der Waals surface area contributed by atoms with Crippen LogP contribution >= 0.6 is 23.2 Å². The van der Waals surface area contributed by atoms with E-state index in [2.05, 4.69) is 20.6 Å². The van der Waals surface area contributed by atoms with Crippen LogP contribution in [-0.4, -0.2) is 36.1 Å². The minimum absolute atomic E-state index is 0.244. The van der Waals surface area contributed by atoms with E-state index in [1.165, 1.54) is 0 Å². The van der Waals surface area contributed by atoms with E-state index in [9.17, 15) is 4.79 Å². The standard InChI is InChI=1S/C15H16Cl2N4O2/c1-9-19-13(8-14(20-9)18-3-4-23-2)15(22)21-12-6-10(16)5-11(17)7-12/h5-8H,3-4H2,1-2H3,(H,21,22)(H,18,19,20). The molecule has 0 atom stereocenters. The van der Waals surface area contributed by atoms with Gasteiger partial charge in [-0.3, -0.25) is 4.79 Å². The number of hydrogen-bond acceptors (Lipinski definition) is 5. The zero-order chi connectivity index (χ0) is 16.8. The molecule has 0 saturated heterocycles. The first-order valence-electron chi connectivity index (χ1n) is 6.84. The van der Waals surface area contributed by atoms with Gasteiger partial charge in [0.25, 0.3) is 5.91 Å². The predicted octanol–water partition coefficient (Wildman–Crippen LogP) is 3.40. The van der Waals surface area contributed by atoms with Crippen LogP contribution in [0.4, 0.5) is 11.5 Å². The lowest BCUT2D eigenvalue weighted by molar-refractivity contribution is 0.102. The van der Waals surface area contributed by atoms with Crippen LogP contribution in [0.1, 0.15) is 16.3 Å². The number of rotatable bonds is 6. The molecule has 2 aromatic rings. The number of halogens is 2.